The lowest BCUT2D eigenvalue weighted by atomic mass is 10.1. The average molecular weight is 415 g/mol. The van der Waals surface area contributed by atoms with Gasteiger partial charge in [0.25, 0.3) is 5.91 Å². The summed E-state index contributed by atoms with van der Waals surface area (Å²) in [5.41, 5.74) is 6.96. The summed E-state index contributed by atoms with van der Waals surface area (Å²) in [5.74, 6) is -1.82. The first-order valence-corrected chi connectivity index (χ1v) is 9.71. The molecule has 0 aliphatic carbocycles. The van der Waals surface area contributed by atoms with Crippen LogP contribution >= 0.6 is 11.3 Å². The minimum atomic E-state index is -1.07. The number of carbonyl (C=O) groups is 3. The third kappa shape index (κ3) is 5.12. The Balaban J connectivity index is 2.18. The molecule has 0 radical (unpaired) electrons. The van der Waals surface area contributed by atoms with Crippen LogP contribution in [0.3, 0.4) is 0 Å². The number of nitriles is 1. The molecule has 0 fully saturated rings. The summed E-state index contributed by atoms with van der Waals surface area (Å²) in [7, 11) is 0. The average Bonchev–Trinajstić information content (AvgIpc) is 3.01. The number of benzene rings is 1. The van der Waals surface area contributed by atoms with Crippen molar-refractivity contribution in [2.75, 3.05) is 17.7 Å². The summed E-state index contributed by atoms with van der Waals surface area (Å²) in [6, 6.07) is 8.11. The molecule has 9 heteroatoms. The summed E-state index contributed by atoms with van der Waals surface area (Å²) in [6.07, 6.45) is -0.844. The zero-order valence-corrected chi connectivity index (χ0v) is 17.1. The van der Waals surface area contributed by atoms with Gasteiger partial charge in [0.2, 0.25) is 0 Å². The van der Waals surface area contributed by atoms with Gasteiger partial charge in [-0.25, -0.2) is 9.59 Å². The molecule has 0 spiro atoms. The van der Waals surface area contributed by atoms with Gasteiger partial charge in [-0.2, -0.15) is 5.26 Å². The van der Waals surface area contributed by atoms with E-state index in [2.05, 4.69) is 5.32 Å². The van der Waals surface area contributed by atoms with Gasteiger partial charge in [-0.15, -0.1) is 11.3 Å². The predicted octanol–water partition coefficient (Wildman–Crippen LogP) is 3.26. The Labute approximate surface area is 172 Å². The van der Waals surface area contributed by atoms with E-state index in [0.29, 0.717) is 11.3 Å². The van der Waals surface area contributed by atoms with E-state index in [1.165, 1.54) is 12.1 Å². The Morgan fingerprint density at radius 1 is 1.21 bits per heavy atom. The highest BCUT2D eigenvalue weighted by atomic mass is 32.1. The molecule has 152 valence electrons. The molecule has 3 N–H and O–H groups in total. The number of nitrogen functional groups attached to an aromatic ring is 1. The third-order valence-corrected chi connectivity index (χ3v) is 5.20. The highest BCUT2D eigenvalue weighted by Gasteiger charge is 2.26. The van der Waals surface area contributed by atoms with Crippen molar-refractivity contribution in [1.82, 2.24) is 0 Å². The van der Waals surface area contributed by atoms with Gasteiger partial charge in [-0.05, 0) is 50.1 Å². The monoisotopic (exact) mass is 415 g/mol. The second-order valence-corrected chi connectivity index (χ2v) is 7.03. The number of ether oxygens (including phenoxy) is 2. The van der Waals surface area contributed by atoms with Crippen molar-refractivity contribution in [2.24, 2.45) is 0 Å². The summed E-state index contributed by atoms with van der Waals surface area (Å²) in [4.78, 5) is 37.2. The van der Waals surface area contributed by atoms with Crippen molar-refractivity contribution in [2.45, 2.75) is 33.3 Å². The standard InChI is InChI=1S/C20H21N3O5S/c1-4-15(28-19(25)12-6-8-13(22)9-7-12)17(24)23-18-14(10-21)11(3)16(29-18)20(26)27-5-2/h6-9,15H,4-5,22H2,1-3H3,(H,23,24). The summed E-state index contributed by atoms with van der Waals surface area (Å²) >= 11 is 0.948. The molecule has 0 bridgehead atoms. The van der Waals surface area contributed by atoms with Crippen molar-refractivity contribution in [3.8, 4) is 6.07 Å². The van der Waals surface area contributed by atoms with E-state index < -0.39 is 23.9 Å². The molecule has 1 aromatic carbocycles. The van der Waals surface area contributed by atoms with E-state index in [0.717, 1.165) is 11.3 Å². The number of thiophene rings is 1. The van der Waals surface area contributed by atoms with Crippen LogP contribution in [0, 0.1) is 18.3 Å². The second kappa shape index (κ2) is 9.71. The number of nitrogens with one attached hydrogen (secondary N) is 1. The Morgan fingerprint density at radius 2 is 1.86 bits per heavy atom. The lowest BCUT2D eigenvalue weighted by Gasteiger charge is -2.15. The molecule has 1 amide bonds. The van der Waals surface area contributed by atoms with Crippen LogP contribution in [0.2, 0.25) is 0 Å². The molecule has 0 saturated carbocycles. The normalized spacial score (nSPS) is 11.2. The van der Waals surface area contributed by atoms with Crippen LogP contribution in [0.1, 0.15) is 51.4 Å². The van der Waals surface area contributed by atoms with Gasteiger partial charge in [0.05, 0.1) is 17.7 Å². The van der Waals surface area contributed by atoms with Crippen LogP contribution in [0.15, 0.2) is 24.3 Å². The molecule has 8 nitrogen and oxygen atoms in total. The summed E-state index contributed by atoms with van der Waals surface area (Å²) < 4.78 is 10.3. The number of nitrogens with two attached hydrogens (primary N) is 1. The molecule has 1 heterocycles. The number of carbonyl (C=O) groups excluding carboxylic acids is 3. The number of hydrogen-bond donors (Lipinski definition) is 2. The lowest BCUT2D eigenvalue weighted by molar-refractivity contribution is -0.124. The zero-order valence-electron chi connectivity index (χ0n) is 16.3. The van der Waals surface area contributed by atoms with E-state index in [1.807, 2.05) is 6.07 Å². The minimum Gasteiger partial charge on any atom is -0.462 e. The molecule has 2 rings (SSSR count). The largest absolute Gasteiger partial charge is 0.462 e. The predicted molar refractivity (Wildman–Crippen MR) is 109 cm³/mol. The molecule has 0 aliphatic heterocycles. The van der Waals surface area contributed by atoms with Crippen molar-refractivity contribution >= 4 is 39.9 Å². The Hall–Kier alpha value is -3.38. The van der Waals surface area contributed by atoms with Crippen molar-refractivity contribution in [3.63, 3.8) is 0 Å². The molecule has 0 aliphatic rings. The SMILES string of the molecule is CCOC(=O)c1sc(NC(=O)C(CC)OC(=O)c2ccc(N)cc2)c(C#N)c1C. The first-order valence-electron chi connectivity index (χ1n) is 8.90. The third-order valence-electron chi connectivity index (χ3n) is 4.02. The van der Waals surface area contributed by atoms with E-state index >= 15 is 0 Å². The molecule has 29 heavy (non-hydrogen) atoms. The molecule has 1 atom stereocenters. The molecular formula is C20H21N3O5S. The first-order chi connectivity index (χ1) is 13.8. The number of esters is 2. The van der Waals surface area contributed by atoms with Gasteiger partial charge in [-0.3, -0.25) is 4.79 Å². The van der Waals surface area contributed by atoms with Gasteiger partial charge in [0.1, 0.15) is 15.9 Å². The Morgan fingerprint density at radius 3 is 2.41 bits per heavy atom. The van der Waals surface area contributed by atoms with Crippen LogP contribution in [-0.4, -0.2) is 30.6 Å². The maximum absolute atomic E-state index is 12.6. The van der Waals surface area contributed by atoms with E-state index in [4.69, 9.17) is 15.2 Å². The maximum atomic E-state index is 12.6. The van der Waals surface area contributed by atoms with Gasteiger partial charge in [0.15, 0.2) is 6.10 Å². The first kappa shape index (κ1) is 21.9. The molecular weight excluding hydrogens is 394 g/mol. The van der Waals surface area contributed by atoms with E-state index in [1.54, 1.807) is 32.9 Å². The number of anilines is 2. The van der Waals surface area contributed by atoms with E-state index in [-0.39, 0.29) is 34.0 Å². The van der Waals surface area contributed by atoms with Gasteiger partial charge >= 0.3 is 11.9 Å². The molecule has 1 aromatic heterocycles. The van der Waals surface area contributed by atoms with Gasteiger partial charge in [0, 0.05) is 5.69 Å². The highest BCUT2D eigenvalue weighted by molar-refractivity contribution is 7.18. The second-order valence-electron chi connectivity index (χ2n) is 6.01. The Bertz CT molecular complexity index is 960. The fourth-order valence-electron chi connectivity index (χ4n) is 2.46. The maximum Gasteiger partial charge on any atom is 0.348 e. The minimum absolute atomic E-state index is 0.172. The fourth-order valence-corrected chi connectivity index (χ4v) is 3.51. The van der Waals surface area contributed by atoms with Gasteiger partial charge < -0.3 is 20.5 Å². The zero-order chi connectivity index (χ0) is 21.6. The number of rotatable bonds is 7. The van der Waals surface area contributed by atoms with E-state index in [9.17, 15) is 19.6 Å². The lowest BCUT2D eigenvalue weighted by Crippen LogP contribution is -2.32. The molecule has 1 unspecified atom stereocenters. The van der Waals surface area contributed by atoms with Crippen molar-refractivity contribution in [1.29, 1.82) is 5.26 Å². The Kier molecular flexibility index (Phi) is 7.33. The quantitative estimate of drug-likeness (QED) is 0.524. The van der Waals surface area contributed by atoms with Crippen LogP contribution in [0.25, 0.3) is 0 Å². The van der Waals surface area contributed by atoms with Crippen LogP contribution in [0.5, 0.6) is 0 Å². The van der Waals surface area contributed by atoms with Crippen LogP contribution in [-0.2, 0) is 14.3 Å². The van der Waals surface area contributed by atoms with Crippen LogP contribution in [0.4, 0.5) is 10.7 Å². The highest BCUT2D eigenvalue weighted by Crippen LogP contribution is 2.33. The molecule has 2 aromatic rings. The van der Waals surface area contributed by atoms with Crippen LogP contribution < -0.4 is 11.1 Å². The number of nitrogens with zero attached hydrogens (tertiary/aromatic N) is 1. The summed E-state index contributed by atoms with van der Waals surface area (Å²) in [5, 5.41) is 12.2. The fraction of sp³-hybridized carbons (Fsp3) is 0.300. The number of hydrogen-bond acceptors (Lipinski definition) is 8. The van der Waals surface area contributed by atoms with Crippen molar-refractivity contribution in [3.05, 3.63) is 45.8 Å². The van der Waals surface area contributed by atoms with Crippen molar-refractivity contribution < 1.29 is 23.9 Å². The van der Waals surface area contributed by atoms with Gasteiger partial charge in [-0.1, -0.05) is 6.92 Å². The topological polar surface area (TPSA) is 132 Å². The number of amides is 1. The smallest absolute Gasteiger partial charge is 0.348 e. The molecule has 0 saturated heterocycles. The summed E-state index contributed by atoms with van der Waals surface area (Å²) in [6.45, 7) is 5.17.